The molecule has 11 heavy (non-hydrogen) atoms. The Morgan fingerprint density at radius 1 is 1.36 bits per heavy atom. The Hall–Kier alpha value is -0.700. The van der Waals surface area contributed by atoms with E-state index in [-0.39, 0.29) is 17.6 Å². The molecule has 0 spiro atoms. The number of hydrogen-bond acceptors (Lipinski definition) is 3. The van der Waals surface area contributed by atoms with E-state index in [1.807, 2.05) is 0 Å². The van der Waals surface area contributed by atoms with Crippen LogP contribution in [-0.2, 0) is 9.59 Å². The van der Waals surface area contributed by atoms with E-state index in [4.69, 9.17) is 0 Å². The molecule has 0 aromatic rings. The first-order valence-corrected chi connectivity index (χ1v) is 3.75. The van der Waals surface area contributed by atoms with Crippen molar-refractivity contribution in [1.82, 2.24) is 5.32 Å². The lowest BCUT2D eigenvalue weighted by Gasteiger charge is -2.10. The van der Waals surface area contributed by atoms with E-state index >= 15 is 0 Å². The molecular formula is C8H15NO2. The van der Waals surface area contributed by atoms with Crippen LogP contribution in [0.2, 0.25) is 0 Å². The number of ketones is 2. The molecular weight excluding hydrogens is 142 g/mol. The van der Waals surface area contributed by atoms with Crippen LogP contribution in [0.3, 0.4) is 0 Å². The van der Waals surface area contributed by atoms with Gasteiger partial charge in [-0.2, -0.15) is 0 Å². The van der Waals surface area contributed by atoms with Gasteiger partial charge < -0.3 is 10.1 Å². The number of carbonyl (C=O) groups is 2. The molecule has 3 heteroatoms. The summed E-state index contributed by atoms with van der Waals surface area (Å²) in [4.78, 5) is 21.4. The number of rotatable bonds is 5. The topological polar surface area (TPSA) is 46.2 Å². The highest BCUT2D eigenvalue weighted by molar-refractivity contribution is 5.82. The van der Waals surface area contributed by atoms with Crippen molar-refractivity contribution in [2.75, 3.05) is 7.05 Å². The SMILES string of the molecule is CNC(CCC(C)=O)C(C)=O. The van der Waals surface area contributed by atoms with E-state index in [0.29, 0.717) is 12.8 Å². The van der Waals surface area contributed by atoms with Gasteiger partial charge in [-0.25, -0.2) is 0 Å². The van der Waals surface area contributed by atoms with Crippen molar-refractivity contribution in [2.24, 2.45) is 0 Å². The second kappa shape index (κ2) is 5.02. The van der Waals surface area contributed by atoms with Crippen molar-refractivity contribution in [2.45, 2.75) is 32.7 Å². The third-order valence-corrected chi connectivity index (χ3v) is 1.62. The lowest BCUT2D eigenvalue weighted by Crippen LogP contribution is -2.32. The number of nitrogens with one attached hydrogen (secondary N) is 1. The summed E-state index contributed by atoms with van der Waals surface area (Å²) in [6.07, 6.45) is 1.09. The Bertz CT molecular complexity index is 154. The van der Waals surface area contributed by atoms with Gasteiger partial charge >= 0.3 is 0 Å². The van der Waals surface area contributed by atoms with Crippen LogP contribution in [0.1, 0.15) is 26.7 Å². The molecule has 0 bridgehead atoms. The average molecular weight is 157 g/mol. The first-order chi connectivity index (χ1) is 5.07. The van der Waals surface area contributed by atoms with Crippen molar-refractivity contribution < 1.29 is 9.59 Å². The largest absolute Gasteiger partial charge is 0.311 e. The molecule has 64 valence electrons. The van der Waals surface area contributed by atoms with Gasteiger partial charge in [-0.3, -0.25) is 4.79 Å². The summed E-state index contributed by atoms with van der Waals surface area (Å²) in [6.45, 7) is 3.06. The summed E-state index contributed by atoms with van der Waals surface area (Å²) in [7, 11) is 1.73. The Labute approximate surface area is 67.2 Å². The van der Waals surface area contributed by atoms with E-state index < -0.39 is 0 Å². The van der Waals surface area contributed by atoms with Crippen molar-refractivity contribution in [3.63, 3.8) is 0 Å². The molecule has 0 rings (SSSR count). The summed E-state index contributed by atoms with van der Waals surface area (Å²) >= 11 is 0. The fourth-order valence-corrected chi connectivity index (χ4v) is 0.898. The number of carbonyl (C=O) groups excluding carboxylic acids is 2. The fourth-order valence-electron chi connectivity index (χ4n) is 0.898. The zero-order chi connectivity index (χ0) is 8.85. The van der Waals surface area contributed by atoms with Gasteiger partial charge in [0, 0.05) is 6.42 Å². The maximum Gasteiger partial charge on any atom is 0.146 e. The zero-order valence-electron chi connectivity index (χ0n) is 7.31. The molecule has 0 aliphatic heterocycles. The second-order valence-corrected chi connectivity index (χ2v) is 2.69. The van der Waals surface area contributed by atoms with Crippen LogP contribution in [0, 0.1) is 0 Å². The predicted molar refractivity (Wildman–Crippen MR) is 43.4 cm³/mol. The Morgan fingerprint density at radius 2 is 1.91 bits per heavy atom. The normalized spacial score (nSPS) is 12.6. The molecule has 0 heterocycles. The number of Topliss-reactive ketones (excluding diaryl/α,β-unsaturated/α-hetero) is 2. The molecule has 0 amide bonds. The van der Waals surface area contributed by atoms with Crippen LogP contribution >= 0.6 is 0 Å². The molecule has 0 fully saturated rings. The highest BCUT2D eigenvalue weighted by atomic mass is 16.1. The standard InChI is InChI=1S/C8H15NO2/c1-6(10)4-5-8(9-3)7(2)11/h8-9H,4-5H2,1-3H3. The van der Waals surface area contributed by atoms with Crippen molar-refractivity contribution in [3.05, 3.63) is 0 Å². The second-order valence-electron chi connectivity index (χ2n) is 2.69. The minimum absolute atomic E-state index is 0.0914. The summed E-state index contributed by atoms with van der Waals surface area (Å²) in [5, 5.41) is 2.86. The first kappa shape index (κ1) is 10.3. The Balaban J connectivity index is 3.70. The van der Waals surface area contributed by atoms with Gasteiger partial charge in [0.25, 0.3) is 0 Å². The molecule has 0 aromatic carbocycles. The van der Waals surface area contributed by atoms with E-state index in [2.05, 4.69) is 5.32 Å². The summed E-state index contributed by atoms with van der Waals surface area (Å²) < 4.78 is 0. The fraction of sp³-hybridized carbons (Fsp3) is 0.750. The van der Waals surface area contributed by atoms with Crippen molar-refractivity contribution in [1.29, 1.82) is 0 Å². The molecule has 0 radical (unpaired) electrons. The van der Waals surface area contributed by atoms with Crippen LogP contribution in [-0.4, -0.2) is 24.7 Å². The average Bonchev–Trinajstić information content (AvgIpc) is 1.87. The molecule has 0 aliphatic carbocycles. The third kappa shape index (κ3) is 4.67. The summed E-state index contributed by atoms with van der Waals surface area (Å²) in [6, 6.07) is -0.154. The smallest absolute Gasteiger partial charge is 0.146 e. The van der Waals surface area contributed by atoms with Gasteiger partial charge in [0.2, 0.25) is 0 Å². The zero-order valence-corrected chi connectivity index (χ0v) is 7.31. The maximum atomic E-state index is 10.8. The quantitative estimate of drug-likeness (QED) is 0.633. The predicted octanol–water partition coefficient (Wildman–Crippen LogP) is 0.533. The van der Waals surface area contributed by atoms with Crippen LogP contribution in [0.5, 0.6) is 0 Å². The Morgan fingerprint density at radius 3 is 2.18 bits per heavy atom. The van der Waals surface area contributed by atoms with Crippen LogP contribution in [0.25, 0.3) is 0 Å². The van der Waals surface area contributed by atoms with Gasteiger partial charge in [-0.05, 0) is 27.3 Å². The molecule has 1 unspecified atom stereocenters. The molecule has 1 N–H and O–H groups in total. The van der Waals surface area contributed by atoms with E-state index in [0.717, 1.165) is 0 Å². The number of hydrogen-bond donors (Lipinski definition) is 1. The van der Waals surface area contributed by atoms with Crippen molar-refractivity contribution in [3.8, 4) is 0 Å². The van der Waals surface area contributed by atoms with Crippen molar-refractivity contribution >= 4 is 11.6 Å². The highest BCUT2D eigenvalue weighted by Gasteiger charge is 2.11. The van der Waals surface area contributed by atoms with E-state index in [1.54, 1.807) is 7.05 Å². The lowest BCUT2D eigenvalue weighted by molar-refractivity contribution is -0.119. The minimum atomic E-state index is -0.154. The molecule has 0 saturated heterocycles. The van der Waals surface area contributed by atoms with Gasteiger partial charge in [0.05, 0.1) is 6.04 Å². The van der Waals surface area contributed by atoms with E-state index in [1.165, 1.54) is 13.8 Å². The molecule has 0 aromatic heterocycles. The summed E-state index contributed by atoms with van der Waals surface area (Å²) in [5.41, 5.74) is 0. The molecule has 0 aliphatic rings. The van der Waals surface area contributed by atoms with Gasteiger partial charge in [0.1, 0.15) is 11.6 Å². The Kier molecular flexibility index (Phi) is 4.70. The summed E-state index contributed by atoms with van der Waals surface area (Å²) in [5.74, 6) is 0.222. The third-order valence-electron chi connectivity index (χ3n) is 1.62. The monoisotopic (exact) mass is 157 g/mol. The number of likely N-dealkylation sites (N-methyl/N-ethyl adjacent to an activating group) is 1. The van der Waals surface area contributed by atoms with Gasteiger partial charge in [-0.1, -0.05) is 0 Å². The lowest BCUT2D eigenvalue weighted by atomic mass is 10.1. The molecule has 0 saturated carbocycles. The first-order valence-electron chi connectivity index (χ1n) is 3.75. The van der Waals surface area contributed by atoms with Gasteiger partial charge in [-0.15, -0.1) is 0 Å². The highest BCUT2D eigenvalue weighted by Crippen LogP contribution is 1.98. The van der Waals surface area contributed by atoms with Crippen LogP contribution in [0.15, 0.2) is 0 Å². The van der Waals surface area contributed by atoms with Crippen LogP contribution < -0.4 is 5.32 Å². The van der Waals surface area contributed by atoms with Crippen LogP contribution in [0.4, 0.5) is 0 Å². The molecule has 3 nitrogen and oxygen atoms in total. The van der Waals surface area contributed by atoms with Gasteiger partial charge in [0.15, 0.2) is 0 Å². The maximum absolute atomic E-state index is 10.8. The minimum Gasteiger partial charge on any atom is -0.311 e. The molecule has 1 atom stereocenters. The van der Waals surface area contributed by atoms with E-state index in [9.17, 15) is 9.59 Å².